The van der Waals surface area contributed by atoms with Gasteiger partial charge in [0.1, 0.15) is 0 Å². The molecule has 0 radical (unpaired) electrons. The van der Waals surface area contributed by atoms with Gasteiger partial charge in [-0.15, -0.1) is 0 Å². The van der Waals surface area contributed by atoms with Crippen molar-refractivity contribution in [2.75, 3.05) is 5.73 Å². The van der Waals surface area contributed by atoms with E-state index in [-0.39, 0.29) is 5.91 Å². The fourth-order valence-electron chi connectivity index (χ4n) is 2.44. The molecular formula is C20H18N2O. The van der Waals surface area contributed by atoms with Crippen LogP contribution >= 0.6 is 0 Å². The lowest BCUT2D eigenvalue weighted by Gasteiger charge is -2.08. The molecule has 3 aromatic carbocycles. The molecule has 0 aliphatic heterocycles. The number of nitrogens with one attached hydrogen (secondary N) is 1. The molecule has 0 atom stereocenters. The fraction of sp³-hybridized carbons (Fsp3) is 0.0500. The average Bonchev–Trinajstić information content (AvgIpc) is 2.61. The Morgan fingerprint density at radius 3 is 2.26 bits per heavy atom. The second kappa shape index (κ2) is 6.79. The minimum Gasteiger partial charge on any atom is -0.399 e. The van der Waals surface area contributed by atoms with Gasteiger partial charge in [-0.2, -0.15) is 0 Å². The van der Waals surface area contributed by atoms with Crippen molar-refractivity contribution in [3.05, 3.63) is 90.0 Å². The highest BCUT2D eigenvalue weighted by Crippen LogP contribution is 2.22. The minimum atomic E-state index is -0.0837. The lowest BCUT2D eigenvalue weighted by atomic mass is 10.0. The van der Waals surface area contributed by atoms with Gasteiger partial charge in [-0.1, -0.05) is 54.6 Å². The van der Waals surface area contributed by atoms with Crippen molar-refractivity contribution in [1.29, 1.82) is 0 Å². The summed E-state index contributed by atoms with van der Waals surface area (Å²) in [5, 5.41) is 2.94. The van der Waals surface area contributed by atoms with Crippen LogP contribution in [-0.4, -0.2) is 5.91 Å². The maximum atomic E-state index is 12.3. The van der Waals surface area contributed by atoms with Crippen molar-refractivity contribution < 1.29 is 4.79 Å². The summed E-state index contributed by atoms with van der Waals surface area (Å²) in [5.41, 5.74) is 10.2. The van der Waals surface area contributed by atoms with Crippen molar-refractivity contribution in [2.24, 2.45) is 0 Å². The van der Waals surface area contributed by atoms with Gasteiger partial charge < -0.3 is 11.1 Å². The number of carbonyl (C=O) groups is 1. The summed E-state index contributed by atoms with van der Waals surface area (Å²) in [7, 11) is 0. The van der Waals surface area contributed by atoms with Crippen LogP contribution in [-0.2, 0) is 6.54 Å². The Morgan fingerprint density at radius 1 is 0.826 bits per heavy atom. The molecular weight excluding hydrogens is 284 g/mol. The Labute approximate surface area is 135 Å². The largest absolute Gasteiger partial charge is 0.399 e. The lowest BCUT2D eigenvalue weighted by molar-refractivity contribution is 0.0951. The molecule has 3 N–H and O–H groups in total. The van der Waals surface area contributed by atoms with Crippen LogP contribution in [0.2, 0.25) is 0 Å². The first-order valence-corrected chi connectivity index (χ1v) is 7.50. The van der Waals surface area contributed by atoms with E-state index in [0.717, 1.165) is 16.7 Å². The minimum absolute atomic E-state index is 0.0837. The maximum Gasteiger partial charge on any atom is 0.251 e. The van der Waals surface area contributed by atoms with Gasteiger partial charge in [-0.25, -0.2) is 0 Å². The lowest BCUT2D eigenvalue weighted by Crippen LogP contribution is -2.22. The average molecular weight is 302 g/mol. The standard InChI is InChI=1S/C20H18N2O/c21-19-11-5-9-17(13-19)16-8-4-10-18(12-16)20(23)22-14-15-6-2-1-3-7-15/h1-13H,14,21H2,(H,22,23). The Hall–Kier alpha value is -3.07. The molecule has 0 aliphatic carbocycles. The monoisotopic (exact) mass is 302 g/mol. The Kier molecular flexibility index (Phi) is 4.39. The Balaban J connectivity index is 1.75. The summed E-state index contributed by atoms with van der Waals surface area (Å²) in [6.07, 6.45) is 0. The van der Waals surface area contributed by atoms with E-state index in [4.69, 9.17) is 5.73 Å². The second-order valence-corrected chi connectivity index (χ2v) is 5.37. The van der Waals surface area contributed by atoms with Crippen LogP contribution in [0.15, 0.2) is 78.9 Å². The van der Waals surface area contributed by atoms with Gasteiger partial charge in [0.2, 0.25) is 0 Å². The third-order valence-corrected chi connectivity index (χ3v) is 3.64. The van der Waals surface area contributed by atoms with Crippen LogP contribution in [0.25, 0.3) is 11.1 Å². The molecule has 23 heavy (non-hydrogen) atoms. The van der Waals surface area contributed by atoms with Crippen LogP contribution in [0.1, 0.15) is 15.9 Å². The first-order chi connectivity index (χ1) is 11.2. The van der Waals surface area contributed by atoms with Crippen molar-refractivity contribution in [2.45, 2.75) is 6.54 Å². The predicted octanol–water partition coefficient (Wildman–Crippen LogP) is 3.87. The SMILES string of the molecule is Nc1cccc(-c2cccc(C(=O)NCc3ccccc3)c2)c1. The van der Waals surface area contributed by atoms with Crippen LogP contribution in [0.5, 0.6) is 0 Å². The molecule has 3 aromatic rings. The molecule has 0 aliphatic rings. The van der Waals surface area contributed by atoms with Gasteiger partial charge >= 0.3 is 0 Å². The number of anilines is 1. The van der Waals surface area contributed by atoms with Gasteiger partial charge in [0.15, 0.2) is 0 Å². The zero-order valence-electron chi connectivity index (χ0n) is 12.7. The van der Waals surface area contributed by atoms with E-state index in [0.29, 0.717) is 17.8 Å². The zero-order chi connectivity index (χ0) is 16.1. The first kappa shape index (κ1) is 14.9. The van der Waals surface area contributed by atoms with Gasteiger partial charge in [-0.05, 0) is 41.0 Å². The molecule has 0 spiro atoms. The van der Waals surface area contributed by atoms with E-state index in [1.807, 2.05) is 78.9 Å². The molecule has 114 valence electrons. The van der Waals surface area contributed by atoms with Gasteiger partial charge in [-0.3, -0.25) is 4.79 Å². The maximum absolute atomic E-state index is 12.3. The molecule has 3 heteroatoms. The van der Waals surface area contributed by atoms with E-state index in [1.54, 1.807) is 0 Å². The van der Waals surface area contributed by atoms with E-state index < -0.39 is 0 Å². The summed E-state index contributed by atoms with van der Waals surface area (Å²) in [6, 6.07) is 25.1. The van der Waals surface area contributed by atoms with E-state index in [1.165, 1.54) is 0 Å². The van der Waals surface area contributed by atoms with Gasteiger partial charge in [0.25, 0.3) is 5.91 Å². The highest BCUT2D eigenvalue weighted by atomic mass is 16.1. The number of rotatable bonds is 4. The van der Waals surface area contributed by atoms with Crippen LogP contribution < -0.4 is 11.1 Å². The quantitative estimate of drug-likeness (QED) is 0.719. The highest BCUT2D eigenvalue weighted by molar-refractivity contribution is 5.95. The Bertz CT molecular complexity index is 813. The first-order valence-electron chi connectivity index (χ1n) is 7.50. The third kappa shape index (κ3) is 3.77. The smallest absolute Gasteiger partial charge is 0.251 e. The molecule has 0 heterocycles. The number of nitrogen functional groups attached to an aromatic ring is 1. The summed E-state index contributed by atoms with van der Waals surface area (Å²) in [6.45, 7) is 0.516. The molecule has 1 amide bonds. The zero-order valence-corrected chi connectivity index (χ0v) is 12.7. The molecule has 0 saturated heterocycles. The summed E-state index contributed by atoms with van der Waals surface area (Å²) < 4.78 is 0. The number of nitrogens with two attached hydrogens (primary N) is 1. The molecule has 0 fully saturated rings. The predicted molar refractivity (Wildman–Crippen MR) is 93.9 cm³/mol. The number of amides is 1. The van der Waals surface area contributed by atoms with E-state index in [2.05, 4.69) is 5.32 Å². The fourth-order valence-corrected chi connectivity index (χ4v) is 2.44. The number of hydrogen-bond donors (Lipinski definition) is 2. The highest BCUT2D eigenvalue weighted by Gasteiger charge is 2.07. The molecule has 0 saturated carbocycles. The summed E-state index contributed by atoms with van der Waals surface area (Å²) >= 11 is 0. The van der Waals surface area contributed by atoms with Gasteiger partial charge in [0, 0.05) is 17.8 Å². The van der Waals surface area contributed by atoms with Crippen LogP contribution in [0.3, 0.4) is 0 Å². The normalized spacial score (nSPS) is 10.3. The van der Waals surface area contributed by atoms with E-state index in [9.17, 15) is 4.79 Å². The Morgan fingerprint density at radius 2 is 1.52 bits per heavy atom. The van der Waals surface area contributed by atoms with Crippen molar-refractivity contribution >= 4 is 11.6 Å². The third-order valence-electron chi connectivity index (χ3n) is 3.64. The number of carbonyl (C=O) groups excluding carboxylic acids is 1. The molecule has 3 nitrogen and oxygen atoms in total. The van der Waals surface area contributed by atoms with Crippen molar-refractivity contribution in [1.82, 2.24) is 5.32 Å². The van der Waals surface area contributed by atoms with Crippen LogP contribution in [0, 0.1) is 0 Å². The number of benzene rings is 3. The second-order valence-electron chi connectivity index (χ2n) is 5.37. The summed E-state index contributed by atoms with van der Waals surface area (Å²) in [5.74, 6) is -0.0837. The van der Waals surface area contributed by atoms with Crippen molar-refractivity contribution in [3.63, 3.8) is 0 Å². The summed E-state index contributed by atoms with van der Waals surface area (Å²) in [4.78, 5) is 12.3. The van der Waals surface area contributed by atoms with Gasteiger partial charge in [0.05, 0.1) is 0 Å². The molecule has 0 bridgehead atoms. The number of hydrogen-bond acceptors (Lipinski definition) is 2. The van der Waals surface area contributed by atoms with E-state index >= 15 is 0 Å². The molecule has 3 rings (SSSR count). The van der Waals surface area contributed by atoms with Crippen LogP contribution in [0.4, 0.5) is 5.69 Å². The van der Waals surface area contributed by atoms with Crippen molar-refractivity contribution in [3.8, 4) is 11.1 Å². The molecule has 0 aromatic heterocycles. The topological polar surface area (TPSA) is 55.1 Å². The molecule has 0 unspecified atom stereocenters.